The molecule has 0 fully saturated rings. The van der Waals surface area contributed by atoms with Crippen molar-refractivity contribution in [2.45, 2.75) is 45.1 Å². The highest BCUT2D eigenvalue weighted by atomic mass is 16.6. The van der Waals surface area contributed by atoms with E-state index in [0.29, 0.717) is 11.7 Å². The molecule has 1 aliphatic rings. The lowest BCUT2D eigenvalue weighted by molar-refractivity contribution is -0.142. The zero-order valence-corrected chi connectivity index (χ0v) is 22.4. The Labute approximate surface area is 224 Å². The van der Waals surface area contributed by atoms with Crippen LogP contribution in [0.1, 0.15) is 43.2 Å². The first-order valence-electron chi connectivity index (χ1n) is 13.3. The highest BCUT2D eigenvalue weighted by Gasteiger charge is 2.27. The average Bonchev–Trinajstić information content (AvgIpc) is 2.95. The molecule has 0 radical (unpaired) electrons. The monoisotopic (exact) mass is 509 g/mol. The van der Waals surface area contributed by atoms with Crippen molar-refractivity contribution >= 4 is 28.1 Å². The topological polar surface area (TPSA) is 48.0 Å². The van der Waals surface area contributed by atoms with E-state index in [0.717, 1.165) is 48.5 Å². The predicted molar refractivity (Wildman–Crippen MR) is 153 cm³/mol. The quantitative estimate of drug-likeness (QED) is 0.218. The fraction of sp³-hybridized carbons (Fsp3) is 0.303. The van der Waals surface area contributed by atoms with Crippen molar-refractivity contribution < 1.29 is 19.0 Å². The van der Waals surface area contributed by atoms with Crippen LogP contribution in [0.3, 0.4) is 0 Å². The van der Waals surface area contributed by atoms with E-state index in [2.05, 4.69) is 66.4 Å². The number of aryl methyl sites for hydroxylation is 1. The SMILES string of the molecule is COC(=O)COc1cc(N2CC(CCC[C@H](C)c3cccc4ccccc34)Oc3ccccc32)ccc1C. The van der Waals surface area contributed by atoms with Crippen LogP contribution in [0.4, 0.5) is 11.4 Å². The molecule has 1 heterocycles. The van der Waals surface area contributed by atoms with Crippen LogP contribution in [-0.2, 0) is 9.53 Å². The van der Waals surface area contributed by atoms with E-state index in [9.17, 15) is 4.79 Å². The Balaban J connectivity index is 1.29. The standard InChI is InChI=1S/C33H35NO4/c1-23(28-15-9-12-25-11-4-5-14-29(25)28)10-8-13-27-21-34(30-16-6-7-17-31(30)38-27)26-19-18-24(2)32(20-26)37-22-33(35)36-3/h4-7,9,11-12,14-20,23,27H,8,10,13,21-22H2,1-3H3/t23-,27?/m0/s1. The number of para-hydroxylation sites is 2. The van der Waals surface area contributed by atoms with Crippen molar-refractivity contribution in [3.63, 3.8) is 0 Å². The van der Waals surface area contributed by atoms with E-state index in [-0.39, 0.29) is 12.7 Å². The van der Waals surface area contributed by atoms with Crippen molar-refractivity contribution in [3.05, 3.63) is 96.1 Å². The van der Waals surface area contributed by atoms with Crippen molar-refractivity contribution in [2.24, 2.45) is 0 Å². The Hall–Kier alpha value is -3.99. The van der Waals surface area contributed by atoms with Gasteiger partial charge in [0.15, 0.2) is 6.61 Å². The molecule has 196 valence electrons. The lowest BCUT2D eigenvalue weighted by Crippen LogP contribution is -2.37. The number of esters is 1. The Morgan fingerprint density at radius 2 is 1.82 bits per heavy atom. The van der Waals surface area contributed by atoms with Crippen molar-refractivity contribution in [1.82, 2.24) is 0 Å². The molecule has 4 aromatic rings. The number of carbonyl (C=O) groups is 1. The minimum absolute atomic E-state index is 0.0744. The minimum Gasteiger partial charge on any atom is -0.486 e. The second-order valence-electron chi connectivity index (χ2n) is 10.0. The van der Waals surface area contributed by atoms with Gasteiger partial charge >= 0.3 is 5.97 Å². The third-order valence-corrected chi connectivity index (χ3v) is 7.41. The van der Waals surface area contributed by atoms with E-state index in [1.54, 1.807) is 0 Å². The van der Waals surface area contributed by atoms with Crippen LogP contribution in [0.15, 0.2) is 84.9 Å². The fourth-order valence-corrected chi connectivity index (χ4v) is 5.29. The first-order valence-corrected chi connectivity index (χ1v) is 13.3. The van der Waals surface area contributed by atoms with Crippen molar-refractivity contribution in [1.29, 1.82) is 0 Å². The zero-order chi connectivity index (χ0) is 26.5. The maximum atomic E-state index is 11.6. The third kappa shape index (κ3) is 5.62. The number of nitrogens with zero attached hydrogens (tertiary/aromatic N) is 1. The number of hydrogen-bond acceptors (Lipinski definition) is 5. The van der Waals surface area contributed by atoms with E-state index < -0.39 is 5.97 Å². The van der Waals surface area contributed by atoms with Gasteiger partial charge in [-0.15, -0.1) is 0 Å². The van der Waals surface area contributed by atoms with Gasteiger partial charge in [0, 0.05) is 11.8 Å². The van der Waals surface area contributed by atoms with Crippen molar-refractivity contribution in [2.75, 3.05) is 25.2 Å². The van der Waals surface area contributed by atoms with Gasteiger partial charge in [-0.05, 0) is 72.2 Å². The molecule has 0 spiro atoms. The Bertz CT molecular complexity index is 1410. The number of rotatable bonds is 9. The summed E-state index contributed by atoms with van der Waals surface area (Å²) in [5, 5.41) is 2.65. The molecule has 0 aromatic heterocycles. The first-order chi connectivity index (χ1) is 18.5. The molecule has 0 amide bonds. The molecule has 5 nitrogen and oxygen atoms in total. The molecule has 0 saturated heterocycles. The number of methoxy groups -OCH3 is 1. The summed E-state index contributed by atoms with van der Waals surface area (Å²) in [5.74, 6) is 1.64. The van der Waals surface area contributed by atoms with Crippen LogP contribution in [0, 0.1) is 6.92 Å². The molecular formula is C33H35NO4. The third-order valence-electron chi connectivity index (χ3n) is 7.41. The molecular weight excluding hydrogens is 474 g/mol. The number of anilines is 2. The van der Waals surface area contributed by atoms with Gasteiger partial charge < -0.3 is 19.1 Å². The Kier molecular flexibility index (Phi) is 7.83. The normalized spacial score (nSPS) is 15.4. The summed E-state index contributed by atoms with van der Waals surface area (Å²) in [4.78, 5) is 13.9. The summed E-state index contributed by atoms with van der Waals surface area (Å²) >= 11 is 0. The number of benzene rings is 4. The maximum Gasteiger partial charge on any atom is 0.343 e. The number of fused-ring (bicyclic) bond motifs is 2. The Morgan fingerprint density at radius 3 is 2.68 bits per heavy atom. The van der Waals surface area contributed by atoms with Crippen LogP contribution in [0.2, 0.25) is 0 Å². The average molecular weight is 510 g/mol. The lowest BCUT2D eigenvalue weighted by atomic mass is 9.90. The number of hydrogen-bond donors (Lipinski definition) is 0. The molecule has 5 rings (SSSR count). The number of ether oxygens (including phenoxy) is 3. The van der Waals surface area contributed by atoms with Crippen LogP contribution >= 0.6 is 0 Å². The van der Waals surface area contributed by atoms with Gasteiger partial charge in [-0.1, -0.05) is 67.6 Å². The van der Waals surface area contributed by atoms with Crippen LogP contribution in [-0.4, -0.2) is 32.3 Å². The van der Waals surface area contributed by atoms with E-state index in [1.165, 1.54) is 23.4 Å². The molecule has 1 aliphatic heterocycles. The van der Waals surface area contributed by atoms with Gasteiger partial charge in [-0.3, -0.25) is 0 Å². The van der Waals surface area contributed by atoms with Crippen LogP contribution < -0.4 is 14.4 Å². The largest absolute Gasteiger partial charge is 0.486 e. The predicted octanol–water partition coefficient (Wildman–Crippen LogP) is 7.57. The summed E-state index contributed by atoms with van der Waals surface area (Å²) in [6, 6.07) is 29.5. The van der Waals surface area contributed by atoms with Gasteiger partial charge in [0.05, 0.1) is 19.3 Å². The molecule has 2 atom stereocenters. The molecule has 0 aliphatic carbocycles. The van der Waals surface area contributed by atoms with Gasteiger partial charge in [0.25, 0.3) is 0 Å². The lowest BCUT2D eigenvalue weighted by Gasteiger charge is -2.36. The van der Waals surface area contributed by atoms with Gasteiger partial charge in [-0.2, -0.15) is 0 Å². The summed E-state index contributed by atoms with van der Waals surface area (Å²) in [6.07, 6.45) is 3.22. The van der Waals surface area contributed by atoms with E-state index >= 15 is 0 Å². The van der Waals surface area contributed by atoms with Crippen LogP contribution in [0.5, 0.6) is 11.5 Å². The first kappa shape index (κ1) is 25.7. The van der Waals surface area contributed by atoms with Gasteiger partial charge in [-0.25, -0.2) is 4.79 Å². The number of carbonyl (C=O) groups excluding carboxylic acids is 1. The van der Waals surface area contributed by atoms with Crippen molar-refractivity contribution in [3.8, 4) is 11.5 Å². The highest BCUT2D eigenvalue weighted by Crippen LogP contribution is 2.40. The van der Waals surface area contributed by atoms with Gasteiger partial charge in [0.1, 0.15) is 17.6 Å². The molecule has 38 heavy (non-hydrogen) atoms. The van der Waals surface area contributed by atoms with Gasteiger partial charge in [0.2, 0.25) is 0 Å². The summed E-state index contributed by atoms with van der Waals surface area (Å²) in [6.45, 7) is 4.94. The molecule has 5 heteroatoms. The molecule has 0 N–H and O–H groups in total. The second-order valence-corrected chi connectivity index (χ2v) is 10.0. The summed E-state index contributed by atoms with van der Waals surface area (Å²) in [7, 11) is 1.36. The summed E-state index contributed by atoms with van der Waals surface area (Å²) in [5.41, 5.74) is 4.44. The Morgan fingerprint density at radius 1 is 1.03 bits per heavy atom. The molecule has 4 aromatic carbocycles. The maximum absolute atomic E-state index is 11.6. The molecule has 0 bridgehead atoms. The second kappa shape index (κ2) is 11.6. The summed E-state index contributed by atoms with van der Waals surface area (Å²) < 4.78 is 17.0. The smallest absolute Gasteiger partial charge is 0.343 e. The van der Waals surface area contributed by atoms with E-state index in [4.69, 9.17) is 14.2 Å². The minimum atomic E-state index is -0.399. The molecule has 1 unspecified atom stereocenters. The molecule has 0 saturated carbocycles. The fourth-order valence-electron chi connectivity index (χ4n) is 5.29. The zero-order valence-electron chi connectivity index (χ0n) is 22.4. The highest BCUT2D eigenvalue weighted by molar-refractivity contribution is 5.86. The van der Waals surface area contributed by atoms with Crippen LogP contribution in [0.25, 0.3) is 10.8 Å². The van der Waals surface area contributed by atoms with E-state index in [1.807, 2.05) is 37.3 Å².